The summed E-state index contributed by atoms with van der Waals surface area (Å²) in [5, 5.41) is 8.45. The number of carbonyl (C=O) groups is 6. The van der Waals surface area contributed by atoms with Gasteiger partial charge in [-0.1, -0.05) is 67.0 Å². The van der Waals surface area contributed by atoms with Gasteiger partial charge < -0.3 is 45.9 Å². The van der Waals surface area contributed by atoms with E-state index in [4.69, 9.17) is 15.2 Å². The first-order chi connectivity index (χ1) is 29.0. The molecule has 5 N–H and O–H groups in total. The summed E-state index contributed by atoms with van der Waals surface area (Å²) < 4.78 is 12.1. The minimum atomic E-state index is -0.779. The van der Waals surface area contributed by atoms with E-state index in [1.165, 1.54) is 0 Å². The van der Waals surface area contributed by atoms with E-state index in [0.29, 0.717) is 31.6 Å². The van der Waals surface area contributed by atoms with Gasteiger partial charge in [0.2, 0.25) is 35.4 Å². The standard InChI is InChI=1S/C46H80N8O8/c1-16-29(6)40(53(13)46(60)38(27(2)3)50-44(58)39(28(4)5)51(10)11)36(61-14)26-37(55)54-23-18-21-35(54)41(62-15)30(7)45(59)52(12)24-22-33-19-17-20-34(25-33)49-43(57)32(9)48-42(56)31(8)47/h17,19-20,25,27-32,35-36,38-41H,16,18,21-24,26,47H2,1-15H3,(H,48,56)(H,49,57)(H,50,58)/t29-,30+,31-,32-,35-,36+,38-,39-,40-,41+/m0/s1. The van der Waals surface area contributed by atoms with Gasteiger partial charge in [-0.05, 0) is 82.7 Å². The third kappa shape index (κ3) is 14.7. The number of benzene rings is 1. The lowest BCUT2D eigenvalue weighted by atomic mass is 9.89. The number of amides is 6. The number of ether oxygens (including phenoxy) is 2. The summed E-state index contributed by atoms with van der Waals surface area (Å²) in [7, 11) is 10.3. The number of likely N-dealkylation sites (N-methyl/N-ethyl adjacent to an activating group) is 3. The van der Waals surface area contributed by atoms with Crippen molar-refractivity contribution in [2.45, 2.75) is 143 Å². The summed E-state index contributed by atoms with van der Waals surface area (Å²) in [5.74, 6) is -2.26. The van der Waals surface area contributed by atoms with Crippen LogP contribution in [0.5, 0.6) is 0 Å². The molecule has 0 saturated carbocycles. The lowest BCUT2D eigenvalue weighted by Gasteiger charge is -2.41. The molecule has 1 aromatic rings. The molecule has 0 aromatic heterocycles. The van der Waals surface area contributed by atoms with E-state index >= 15 is 0 Å². The van der Waals surface area contributed by atoms with Crippen LogP contribution >= 0.6 is 0 Å². The van der Waals surface area contributed by atoms with Crippen molar-refractivity contribution in [1.82, 2.24) is 30.2 Å². The number of nitrogens with two attached hydrogens (primary N) is 1. The van der Waals surface area contributed by atoms with Crippen LogP contribution in [0.25, 0.3) is 0 Å². The van der Waals surface area contributed by atoms with E-state index in [2.05, 4.69) is 16.0 Å². The van der Waals surface area contributed by atoms with Gasteiger partial charge in [-0.3, -0.25) is 33.7 Å². The van der Waals surface area contributed by atoms with Gasteiger partial charge in [-0.15, -0.1) is 0 Å². The van der Waals surface area contributed by atoms with Gasteiger partial charge in [-0.25, -0.2) is 0 Å². The topological polar surface area (TPSA) is 196 Å². The number of hydrogen-bond acceptors (Lipinski definition) is 10. The fourth-order valence-corrected chi connectivity index (χ4v) is 8.62. The van der Waals surface area contributed by atoms with Crippen molar-refractivity contribution in [3.05, 3.63) is 29.8 Å². The molecular formula is C46H80N8O8. The highest BCUT2D eigenvalue weighted by atomic mass is 16.5. The van der Waals surface area contributed by atoms with Crippen LogP contribution < -0.4 is 21.7 Å². The fraction of sp³-hybridized carbons (Fsp3) is 0.739. The molecule has 0 aliphatic carbocycles. The molecule has 2 rings (SSSR count). The van der Waals surface area contributed by atoms with Crippen molar-refractivity contribution in [3.8, 4) is 0 Å². The monoisotopic (exact) mass is 873 g/mol. The Bertz CT molecular complexity index is 1630. The first-order valence-corrected chi connectivity index (χ1v) is 22.3. The molecule has 1 aliphatic rings. The quantitative estimate of drug-likeness (QED) is 0.120. The average molecular weight is 873 g/mol. The highest BCUT2D eigenvalue weighted by molar-refractivity contribution is 5.97. The molecule has 0 unspecified atom stereocenters. The summed E-state index contributed by atoms with van der Waals surface area (Å²) in [4.78, 5) is 87.6. The molecule has 10 atom stereocenters. The van der Waals surface area contributed by atoms with Crippen LogP contribution in [0, 0.1) is 23.7 Å². The second-order valence-corrected chi connectivity index (χ2v) is 18.2. The van der Waals surface area contributed by atoms with Crippen molar-refractivity contribution in [2.24, 2.45) is 29.4 Å². The molecule has 1 fully saturated rings. The van der Waals surface area contributed by atoms with Crippen LogP contribution in [0.15, 0.2) is 24.3 Å². The predicted molar refractivity (Wildman–Crippen MR) is 243 cm³/mol. The van der Waals surface area contributed by atoms with E-state index in [9.17, 15) is 28.8 Å². The Labute approximate surface area is 371 Å². The maximum Gasteiger partial charge on any atom is 0.246 e. The van der Waals surface area contributed by atoms with Crippen LogP contribution in [-0.4, -0.2) is 159 Å². The second kappa shape index (κ2) is 25.2. The number of nitrogens with one attached hydrogen (secondary N) is 3. The number of hydrogen-bond donors (Lipinski definition) is 4. The van der Waals surface area contributed by atoms with Crippen molar-refractivity contribution < 1.29 is 38.2 Å². The Hall–Kier alpha value is -4.12. The first kappa shape index (κ1) is 54.0. The van der Waals surface area contributed by atoms with Crippen LogP contribution in [0.2, 0.25) is 0 Å². The van der Waals surface area contributed by atoms with Gasteiger partial charge in [0.15, 0.2) is 0 Å². The molecule has 0 radical (unpaired) electrons. The maximum atomic E-state index is 14.3. The predicted octanol–water partition coefficient (Wildman–Crippen LogP) is 3.13. The molecule has 352 valence electrons. The summed E-state index contributed by atoms with van der Waals surface area (Å²) in [6.07, 6.45) is 1.49. The molecule has 62 heavy (non-hydrogen) atoms. The summed E-state index contributed by atoms with van der Waals surface area (Å²) in [5.41, 5.74) is 7.08. The summed E-state index contributed by atoms with van der Waals surface area (Å²) in [6, 6.07) is 3.83. The summed E-state index contributed by atoms with van der Waals surface area (Å²) >= 11 is 0. The van der Waals surface area contributed by atoms with Crippen LogP contribution in [0.3, 0.4) is 0 Å². The van der Waals surface area contributed by atoms with Gasteiger partial charge >= 0.3 is 0 Å². The Morgan fingerprint density at radius 3 is 2.03 bits per heavy atom. The Balaban J connectivity index is 2.19. The van der Waals surface area contributed by atoms with Crippen LogP contribution in [-0.2, 0) is 44.7 Å². The number of carbonyl (C=O) groups excluding carboxylic acids is 6. The second-order valence-electron chi connectivity index (χ2n) is 18.2. The zero-order valence-electron chi connectivity index (χ0n) is 40.3. The molecule has 1 aliphatic heterocycles. The number of nitrogens with zero attached hydrogens (tertiary/aromatic N) is 4. The Morgan fingerprint density at radius 2 is 1.50 bits per heavy atom. The zero-order chi connectivity index (χ0) is 47.2. The third-order valence-electron chi connectivity index (χ3n) is 12.4. The molecule has 16 heteroatoms. The molecule has 6 amide bonds. The number of rotatable bonds is 24. The molecular weight excluding hydrogens is 793 g/mol. The molecule has 1 saturated heterocycles. The van der Waals surface area contributed by atoms with Crippen molar-refractivity contribution >= 4 is 41.1 Å². The van der Waals surface area contributed by atoms with Gasteiger partial charge in [0.05, 0.1) is 48.7 Å². The van der Waals surface area contributed by atoms with Crippen LogP contribution in [0.4, 0.5) is 5.69 Å². The normalized spacial score (nSPS) is 18.6. The minimum Gasteiger partial charge on any atom is -0.379 e. The smallest absolute Gasteiger partial charge is 0.246 e. The number of methoxy groups -OCH3 is 2. The maximum absolute atomic E-state index is 14.3. The largest absolute Gasteiger partial charge is 0.379 e. The Morgan fingerprint density at radius 1 is 0.855 bits per heavy atom. The molecule has 1 heterocycles. The van der Waals surface area contributed by atoms with E-state index in [0.717, 1.165) is 18.4 Å². The van der Waals surface area contributed by atoms with Crippen molar-refractivity contribution in [2.75, 3.05) is 60.8 Å². The number of likely N-dealkylation sites (tertiary alicyclic amines) is 1. The van der Waals surface area contributed by atoms with E-state index in [1.807, 2.05) is 90.6 Å². The molecule has 0 spiro atoms. The average Bonchev–Trinajstić information content (AvgIpc) is 3.70. The van der Waals surface area contributed by atoms with Crippen LogP contribution in [0.1, 0.15) is 93.6 Å². The van der Waals surface area contributed by atoms with E-state index in [-0.39, 0.29) is 59.8 Å². The minimum absolute atomic E-state index is 0.0209. The molecule has 16 nitrogen and oxygen atoms in total. The summed E-state index contributed by atoms with van der Waals surface area (Å²) in [6.45, 7) is 17.7. The van der Waals surface area contributed by atoms with Gasteiger partial charge in [0, 0.05) is 47.1 Å². The van der Waals surface area contributed by atoms with E-state index < -0.39 is 54.2 Å². The van der Waals surface area contributed by atoms with Crippen molar-refractivity contribution in [1.29, 1.82) is 0 Å². The highest BCUT2D eigenvalue weighted by Gasteiger charge is 2.43. The SMILES string of the molecule is CC[C@H](C)[C@@H]([C@@H](CC(=O)N1CCC[C@H]1[C@H](OC)[C@@H](C)C(=O)N(C)CCc1cccc(NC(=O)[C@H](C)NC(=O)[C@H](C)N)c1)OC)N(C)C(=O)[C@@H](NC(=O)[C@H](C(C)C)N(C)C)C(C)C. The van der Waals surface area contributed by atoms with Crippen molar-refractivity contribution in [3.63, 3.8) is 0 Å². The molecule has 1 aromatic carbocycles. The zero-order valence-corrected chi connectivity index (χ0v) is 40.3. The fourth-order valence-electron chi connectivity index (χ4n) is 8.62. The van der Waals surface area contributed by atoms with E-state index in [1.54, 1.807) is 58.0 Å². The lowest BCUT2D eigenvalue weighted by Crippen LogP contribution is -2.59. The highest BCUT2D eigenvalue weighted by Crippen LogP contribution is 2.30. The first-order valence-electron chi connectivity index (χ1n) is 22.3. The number of anilines is 1. The van der Waals surface area contributed by atoms with Gasteiger partial charge in [0.1, 0.15) is 12.1 Å². The molecule has 0 bridgehead atoms. The van der Waals surface area contributed by atoms with Gasteiger partial charge in [-0.2, -0.15) is 0 Å². The van der Waals surface area contributed by atoms with Gasteiger partial charge in [0.25, 0.3) is 0 Å². The Kier molecular flexibility index (Phi) is 22.0. The lowest BCUT2D eigenvalue weighted by molar-refractivity contribution is -0.149. The third-order valence-corrected chi connectivity index (χ3v) is 12.4.